The Morgan fingerprint density at radius 1 is 1.06 bits per heavy atom. The van der Waals surface area contributed by atoms with Crippen molar-refractivity contribution in [2.75, 3.05) is 26.8 Å². The smallest absolute Gasteiger partial charge is 0.271 e. The molecule has 4 rings (SSSR count). The van der Waals surface area contributed by atoms with Gasteiger partial charge in [0.25, 0.3) is 11.8 Å². The van der Waals surface area contributed by atoms with E-state index >= 15 is 0 Å². The monoisotopic (exact) mass is 448 g/mol. The first-order valence-electron chi connectivity index (χ1n) is 11.1. The van der Waals surface area contributed by atoms with Gasteiger partial charge in [-0.05, 0) is 74.4 Å². The highest BCUT2D eigenvalue weighted by molar-refractivity contribution is 5.95. The average Bonchev–Trinajstić information content (AvgIpc) is 3.35. The number of piperidine rings is 1. The maximum atomic E-state index is 12.9. The molecule has 2 heterocycles. The van der Waals surface area contributed by atoms with Crippen LogP contribution in [0, 0.1) is 0 Å². The summed E-state index contributed by atoms with van der Waals surface area (Å²) in [5, 5.41) is 10.2. The number of methoxy groups -OCH3 is 1. The molecule has 0 aliphatic carbocycles. The molecule has 0 spiro atoms. The van der Waals surface area contributed by atoms with Crippen LogP contribution in [-0.4, -0.2) is 59.8 Å². The van der Waals surface area contributed by atoms with Crippen LogP contribution in [0.2, 0.25) is 0 Å². The quantitative estimate of drug-likeness (QED) is 0.577. The number of aromatic amines is 1. The molecule has 2 amide bonds. The van der Waals surface area contributed by atoms with Crippen molar-refractivity contribution in [2.45, 2.75) is 25.8 Å². The second kappa shape index (κ2) is 10.2. The van der Waals surface area contributed by atoms with Crippen molar-refractivity contribution >= 4 is 11.8 Å². The molecular weight excluding hydrogens is 420 g/mol. The first-order valence-corrected chi connectivity index (χ1v) is 11.1. The van der Waals surface area contributed by atoms with Gasteiger partial charge in [-0.15, -0.1) is 0 Å². The number of ether oxygens (including phenoxy) is 2. The maximum Gasteiger partial charge on any atom is 0.271 e. The van der Waals surface area contributed by atoms with Gasteiger partial charge in [-0.2, -0.15) is 5.10 Å². The van der Waals surface area contributed by atoms with Gasteiger partial charge in [0.1, 0.15) is 17.2 Å². The van der Waals surface area contributed by atoms with Gasteiger partial charge in [-0.25, -0.2) is 0 Å². The zero-order valence-electron chi connectivity index (χ0n) is 18.8. The Kier molecular flexibility index (Phi) is 6.92. The highest BCUT2D eigenvalue weighted by Gasteiger charge is 2.26. The van der Waals surface area contributed by atoms with Crippen LogP contribution in [-0.2, 0) is 0 Å². The van der Waals surface area contributed by atoms with E-state index < -0.39 is 0 Å². The summed E-state index contributed by atoms with van der Waals surface area (Å²) < 4.78 is 10.6. The fraction of sp³-hybridized carbons (Fsp3) is 0.320. The Labute approximate surface area is 192 Å². The number of nitrogens with one attached hydrogen (secondary N) is 2. The number of nitrogens with zero attached hydrogens (tertiary/aromatic N) is 2. The lowest BCUT2D eigenvalue weighted by Crippen LogP contribution is -2.46. The Balaban J connectivity index is 1.30. The molecule has 0 unspecified atom stereocenters. The zero-order chi connectivity index (χ0) is 23.2. The van der Waals surface area contributed by atoms with Gasteiger partial charge in [-0.1, -0.05) is 0 Å². The molecule has 0 bridgehead atoms. The molecule has 1 aromatic heterocycles. The first-order chi connectivity index (χ1) is 16.1. The molecule has 1 saturated heterocycles. The van der Waals surface area contributed by atoms with Crippen molar-refractivity contribution in [2.24, 2.45) is 0 Å². The van der Waals surface area contributed by atoms with Gasteiger partial charge in [0, 0.05) is 30.3 Å². The van der Waals surface area contributed by atoms with E-state index in [1.807, 2.05) is 31.2 Å². The third kappa shape index (κ3) is 5.34. The van der Waals surface area contributed by atoms with E-state index in [9.17, 15) is 9.59 Å². The second-order valence-electron chi connectivity index (χ2n) is 7.89. The minimum Gasteiger partial charge on any atom is -0.497 e. The SMILES string of the molecule is CCOc1ccc(-c2cc(C(=O)N3CCC(NC(=O)c4ccc(OC)cc4)CC3)[nH]n2)cc1. The summed E-state index contributed by atoms with van der Waals surface area (Å²) in [6.45, 7) is 3.70. The van der Waals surface area contributed by atoms with E-state index in [4.69, 9.17) is 9.47 Å². The van der Waals surface area contributed by atoms with Crippen molar-refractivity contribution in [1.82, 2.24) is 20.4 Å². The van der Waals surface area contributed by atoms with Crippen molar-refractivity contribution < 1.29 is 19.1 Å². The molecule has 3 aromatic rings. The Bertz CT molecular complexity index is 1080. The number of rotatable bonds is 7. The summed E-state index contributed by atoms with van der Waals surface area (Å²) in [6, 6.07) is 16.4. The lowest BCUT2D eigenvalue weighted by molar-refractivity contribution is 0.0692. The number of likely N-dealkylation sites (tertiary alicyclic amines) is 1. The summed E-state index contributed by atoms with van der Waals surface area (Å²) in [5.41, 5.74) is 2.67. The van der Waals surface area contributed by atoms with E-state index in [1.165, 1.54) is 0 Å². The normalized spacial score (nSPS) is 14.1. The largest absolute Gasteiger partial charge is 0.497 e. The van der Waals surface area contributed by atoms with Gasteiger partial charge in [-0.3, -0.25) is 14.7 Å². The molecule has 1 fully saturated rings. The van der Waals surface area contributed by atoms with Crippen LogP contribution in [0.3, 0.4) is 0 Å². The fourth-order valence-electron chi connectivity index (χ4n) is 3.88. The van der Waals surface area contributed by atoms with E-state index in [-0.39, 0.29) is 17.9 Å². The fourth-order valence-corrected chi connectivity index (χ4v) is 3.88. The minimum absolute atomic E-state index is 0.0323. The molecule has 33 heavy (non-hydrogen) atoms. The Morgan fingerprint density at radius 3 is 2.36 bits per heavy atom. The highest BCUT2D eigenvalue weighted by atomic mass is 16.5. The van der Waals surface area contributed by atoms with Gasteiger partial charge in [0.15, 0.2) is 0 Å². The number of benzene rings is 2. The molecule has 8 nitrogen and oxygen atoms in total. The number of hydrogen-bond donors (Lipinski definition) is 2. The number of hydrogen-bond acceptors (Lipinski definition) is 5. The highest BCUT2D eigenvalue weighted by Crippen LogP contribution is 2.22. The number of amides is 2. The summed E-state index contributed by atoms with van der Waals surface area (Å²) in [6.07, 6.45) is 1.40. The molecule has 0 radical (unpaired) electrons. The lowest BCUT2D eigenvalue weighted by Gasteiger charge is -2.32. The first kappa shape index (κ1) is 22.4. The number of H-pyrrole nitrogens is 1. The zero-order valence-corrected chi connectivity index (χ0v) is 18.8. The molecule has 2 aromatic carbocycles. The van der Waals surface area contributed by atoms with Gasteiger partial charge >= 0.3 is 0 Å². The van der Waals surface area contributed by atoms with Crippen LogP contribution in [0.4, 0.5) is 0 Å². The Morgan fingerprint density at radius 2 is 1.73 bits per heavy atom. The minimum atomic E-state index is -0.115. The number of carbonyl (C=O) groups is 2. The van der Waals surface area contributed by atoms with Crippen molar-refractivity contribution in [3.63, 3.8) is 0 Å². The van der Waals surface area contributed by atoms with E-state index in [2.05, 4.69) is 15.5 Å². The topological polar surface area (TPSA) is 96.5 Å². The summed E-state index contributed by atoms with van der Waals surface area (Å²) in [5.74, 6) is 1.31. The van der Waals surface area contributed by atoms with Crippen LogP contribution in [0.15, 0.2) is 54.6 Å². The molecule has 1 aliphatic heterocycles. The predicted molar refractivity (Wildman–Crippen MR) is 125 cm³/mol. The van der Waals surface area contributed by atoms with Gasteiger partial charge in [0.05, 0.1) is 19.4 Å². The van der Waals surface area contributed by atoms with E-state index in [1.54, 1.807) is 42.3 Å². The summed E-state index contributed by atoms with van der Waals surface area (Å²) in [7, 11) is 1.59. The van der Waals surface area contributed by atoms with E-state index in [0.717, 1.165) is 11.3 Å². The molecule has 172 valence electrons. The van der Waals surface area contributed by atoms with E-state index in [0.29, 0.717) is 55.2 Å². The number of aromatic nitrogens is 2. The molecule has 2 N–H and O–H groups in total. The molecule has 8 heteroatoms. The lowest BCUT2D eigenvalue weighted by atomic mass is 10.0. The van der Waals surface area contributed by atoms with Crippen LogP contribution in [0.5, 0.6) is 11.5 Å². The predicted octanol–water partition coefficient (Wildman–Crippen LogP) is 3.52. The van der Waals surface area contributed by atoms with Crippen LogP contribution >= 0.6 is 0 Å². The Hall–Kier alpha value is -3.81. The second-order valence-corrected chi connectivity index (χ2v) is 7.89. The summed E-state index contributed by atoms with van der Waals surface area (Å²) >= 11 is 0. The standard InChI is InChI=1S/C25H28N4O4/c1-3-33-21-10-4-17(5-11-21)22-16-23(28-27-22)25(31)29-14-12-19(13-15-29)26-24(30)18-6-8-20(32-2)9-7-18/h4-11,16,19H,3,12-15H2,1-2H3,(H,26,30)(H,27,28). The molecule has 1 aliphatic rings. The van der Waals surface area contributed by atoms with Crippen LogP contribution in [0.25, 0.3) is 11.3 Å². The summed E-state index contributed by atoms with van der Waals surface area (Å²) in [4.78, 5) is 27.2. The maximum absolute atomic E-state index is 12.9. The van der Waals surface area contributed by atoms with Crippen LogP contribution in [0.1, 0.15) is 40.6 Å². The molecule has 0 atom stereocenters. The molecule has 0 saturated carbocycles. The van der Waals surface area contributed by atoms with Crippen molar-refractivity contribution in [3.05, 3.63) is 65.9 Å². The van der Waals surface area contributed by atoms with Crippen molar-refractivity contribution in [3.8, 4) is 22.8 Å². The molecular formula is C25H28N4O4. The van der Waals surface area contributed by atoms with Gasteiger partial charge < -0.3 is 19.7 Å². The average molecular weight is 449 g/mol. The third-order valence-electron chi connectivity index (χ3n) is 5.74. The third-order valence-corrected chi connectivity index (χ3v) is 5.74. The van der Waals surface area contributed by atoms with Crippen molar-refractivity contribution in [1.29, 1.82) is 0 Å². The number of carbonyl (C=O) groups excluding carboxylic acids is 2. The van der Waals surface area contributed by atoms with Crippen LogP contribution < -0.4 is 14.8 Å². The van der Waals surface area contributed by atoms with Gasteiger partial charge in [0.2, 0.25) is 0 Å².